The average Bonchev–Trinajstić information content (AvgIpc) is 2.59. The lowest BCUT2D eigenvalue weighted by Crippen LogP contribution is -2.11. The minimum Gasteiger partial charge on any atom is -0.434 e. The summed E-state index contributed by atoms with van der Waals surface area (Å²) in [5, 5.41) is 9.65. The van der Waals surface area contributed by atoms with Gasteiger partial charge in [-0.3, -0.25) is 9.89 Å². The molecule has 1 rings (SSSR count). The molecule has 5 nitrogen and oxygen atoms in total. The van der Waals surface area contributed by atoms with Crippen molar-refractivity contribution in [3.63, 3.8) is 0 Å². The van der Waals surface area contributed by atoms with Crippen LogP contribution < -0.4 is 0 Å². The molecule has 0 amide bonds. The molecule has 0 aliphatic heterocycles. The molecule has 5 heteroatoms. The number of carbonyl (C=O) groups excluding carboxylic acids is 1. The third kappa shape index (κ3) is 2.02. The number of H-pyrrole nitrogens is 1. The number of ether oxygens (including phenoxy) is 1. The SMILES string of the molecule is C=COC(=O)C(C=C)c1c[nH]nn1. The van der Waals surface area contributed by atoms with Crippen LogP contribution in [0.15, 0.2) is 31.7 Å². The van der Waals surface area contributed by atoms with Crippen LogP contribution in [0.25, 0.3) is 0 Å². The molecule has 0 fully saturated rings. The number of rotatable bonds is 4. The van der Waals surface area contributed by atoms with Crippen LogP contribution in [0.2, 0.25) is 0 Å². The second-order valence-corrected chi connectivity index (χ2v) is 2.22. The Morgan fingerprint density at radius 1 is 1.69 bits per heavy atom. The Balaban J connectivity index is 2.79. The van der Waals surface area contributed by atoms with Crippen molar-refractivity contribution >= 4 is 5.97 Å². The summed E-state index contributed by atoms with van der Waals surface area (Å²) in [6, 6.07) is 0. The topological polar surface area (TPSA) is 67.9 Å². The number of hydrogen-bond acceptors (Lipinski definition) is 4. The van der Waals surface area contributed by atoms with Gasteiger partial charge in [0.1, 0.15) is 11.6 Å². The summed E-state index contributed by atoms with van der Waals surface area (Å²) < 4.78 is 4.59. The van der Waals surface area contributed by atoms with Gasteiger partial charge in [-0.1, -0.05) is 17.9 Å². The summed E-state index contributed by atoms with van der Waals surface area (Å²) in [5.74, 6) is -1.07. The van der Waals surface area contributed by atoms with Crippen LogP contribution in [-0.4, -0.2) is 21.4 Å². The number of nitrogens with one attached hydrogen (secondary N) is 1. The van der Waals surface area contributed by atoms with Crippen molar-refractivity contribution in [2.45, 2.75) is 5.92 Å². The first-order chi connectivity index (χ1) is 6.29. The van der Waals surface area contributed by atoms with Crippen LogP contribution in [0, 0.1) is 0 Å². The molecule has 1 atom stereocenters. The smallest absolute Gasteiger partial charge is 0.323 e. The van der Waals surface area contributed by atoms with Crippen LogP contribution >= 0.6 is 0 Å². The third-order valence-corrected chi connectivity index (χ3v) is 1.44. The normalized spacial score (nSPS) is 11.7. The Morgan fingerprint density at radius 3 is 2.92 bits per heavy atom. The van der Waals surface area contributed by atoms with E-state index in [4.69, 9.17) is 0 Å². The highest BCUT2D eigenvalue weighted by Crippen LogP contribution is 2.14. The largest absolute Gasteiger partial charge is 0.434 e. The average molecular weight is 179 g/mol. The third-order valence-electron chi connectivity index (χ3n) is 1.44. The number of aromatic amines is 1. The molecule has 1 aromatic heterocycles. The highest BCUT2D eigenvalue weighted by molar-refractivity contribution is 5.79. The Morgan fingerprint density at radius 2 is 2.46 bits per heavy atom. The molecule has 1 aromatic rings. The van der Waals surface area contributed by atoms with Gasteiger partial charge in [0.05, 0.1) is 6.26 Å². The minimum absolute atomic E-state index is 0.473. The molecule has 0 radical (unpaired) electrons. The van der Waals surface area contributed by atoms with Crippen LogP contribution in [0.4, 0.5) is 0 Å². The van der Waals surface area contributed by atoms with Gasteiger partial charge in [-0.2, -0.15) is 0 Å². The van der Waals surface area contributed by atoms with Crippen molar-refractivity contribution in [2.24, 2.45) is 0 Å². The fourth-order valence-electron chi connectivity index (χ4n) is 0.856. The molecular weight excluding hydrogens is 170 g/mol. The fraction of sp³-hybridized carbons (Fsp3) is 0.125. The first-order valence-electron chi connectivity index (χ1n) is 3.60. The van der Waals surface area contributed by atoms with E-state index in [1.165, 1.54) is 12.3 Å². The Labute approximate surface area is 75.1 Å². The summed E-state index contributed by atoms with van der Waals surface area (Å²) in [6.45, 7) is 6.78. The Hall–Kier alpha value is -1.91. The van der Waals surface area contributed by atoms with E-state index in [9.17, 15) is 4.79 Å². The van der Waals surface area contributed by atoms with Gasteiger partial charge in [-0.05, 0) is 0 Å². The molecule has 0 aliphatic rings. The zero-order valence-electron chi connectivity index (χ0n) is 6.93. The molecule has 0 aromatic carbocycles. The molecule has 0 saturated carbocycles. The lowest BCUT2D eigenvalue weighted by atomic mass is 10.1. The molecule has 0 spiro atoms. The maximum atomic E-state index is 11.2. The van der Waals surface area contributed by atoms with Gasteiger partial charge in [0.25, 0.3) is 0 Å². The fourth-order valence-corrected chi connectivity index (χ4v) is 0.856. The van der Waals surface area contributed by atoms with Gasteiger partial charge in [0.2, 0.25) is 0 Å². The van der Waals surface area contributed by atoms with Gasteiger partial charge in [0.15, 0.2) is 0 Å². The van der Waals surface area contributed by atoms with E-state index in [0.717, 1.165) is 6.26 Å². The molecule has 68 valence electrons. The quantitative estimate of drug-likeness (QED) is 0.421. The molecule has 1 unspecified atom stereocenters. The van der Waals surface area contributed by atoms with Crippen molar-refractivity contribution < 1.29 is 9.53 Å². The molecule has 1 N–H and O–H groups in total. The predicted molar refractivity (Wildman–Crippen MR) is 45.6 cm³/mol. The van der Waals surface area contributed by atoms with E-state index < -0.39 is 11.9 Å². The second-order valence-electron chi connectivity index (χ2n) is 2.22. The molecule has 13 heavy (non-hydrogen) atoms. The lowest BCUT2D eigenvalue weighted by molar-refractivity contribution is -0.138. The van der Waals surface area contributed by atoms with Crippen molar-refractivity contribution in [1.29, 1.82) is 0 Å². The standard InChI is InChI=1S/C8H9N3O2/c1-3-6(8(12)13-4-2)7-5-9-11-10-7/h3-6H,1-2H2,(H,9,10,11). The highest BCUT2D eigenvalue weighted by atomic mass is 16.5. The van der Waals surface area contributed by atoms with Crippen molar-refractivity contribution in [3.05, 3.63) is 37.4 Å². The number of esters is 1. The second kappa shape index (κ2) is 4.20. The molecular formula is C8H9N3O2. The van der Waals surface area contributed by atoms with E-state index in [-0.39, 0.29) is 0 Å². The van der Waals surface area contributed by atoms with Gasteiger partial charge in [0, 0.05) is 6.20 Å². The summed E-state index contributed by atoms with van der Waals surface area (Å²) in [7, 11) is 0. The summed E-state index contributed by atoms with van der Waals surface area (Å²) in [6.07, 6.45) is 4.01. The molecule has 1 heterocycles. The summed E-state index contributed by atoms with van der Waals surface area (Å²) in [5.41, 5.74) is 0.474. The van der Waals surface area contributed by atoms with Crippen molar-refractivity contribution in [2.75, 3.05) is 0 Å². The molecule has 0 bridgehead atoms. The van der Waals surface area contributed by atoms with E-state index >= 15 is 0 Å². The van der Waals surface area contributed by atoms with Gasteiger partial charge in [-0.25, -0.2) is 0 Å². The zero-order valence-corrected chi connectivity index (χ0v) is 6.93. The first-order valence-corrected chi connectivity index (χ1v) is 3.60. The predicted octanol–water partition coefficient (Wildman–Crippen LogP) is 0.761. The molecule has 0 saturated heterocycles. The number of aromatic nitrogens is 3. The van der Waals surface area contributed by atoms with Crippen molar-refractivity contribution in [1.82, 2.24) is 15.4 Å². The maximum absolute atomic E-state index is 11.2. The van der Waals surface area contributed by atoms with Crippen LogP contribution in [0.3, 0.4) is 0 Å². The number of carbonyl (C=O) groups is 1. The maximum Gasteiger partial charge on any atom is 0.323 e. The van der Waals surface area contributed by atoms with E-state index in [1.807, 2.05) is 0 Å². The van der Waals surface area contributed by atoms with Gasteiger partial charge >= 0.3 is 5.97 Å². The Bertz CT molecular complexity index is 305. The first kappa shape index (κ1) is 9.18. The number of hydrogen-bond donors (Lipinski definition) is 1. The van der Waals surface area contributed by atoms with E-state index in [0.29, 0.717) is 5.69 Å². The minimum atomic E-state index is -0.600. The van der Waals surface area contributed by atoms with E-state index in [1.54, 1.807) is 0 Å². The molecule has 0 aliphatic carbocycles. The number of nitrogens with zero attached hydrogens (tertiary/aromatic N) is 2. The highest BCUT2D eigenvalue weighted by Gasteiger charge is 2.20. The summed E-state index contributed by atoms with van der Waals surface area (Å²) in [4.78, 5) is 11.2. The van der Waals surface area contributed by atoms with Gasteiger partial charge < -0.3 is 4.74 Å². The van der Waals surface area contributed by atoms with Crippen LogP contribution in [0.5, 0.6) is 0 Å². The monoisotopic (exact) mass is 179 g/mol. The van der Waals surface area contributed by atoms with Crippen LogP contribution in [0.1, 0.15) is 11.6 Å². The van der Waals surface area contributed by atoms with Gasteiger partial charge in [-0.15, -0.1) is 11.7 Å². The zero-order chi connectivity index (χ0) is 9.68. The van der Waals surface area contributed by atoms with E-state index in [2.05, 4.69) is 33.3 Å². The van der Waals surface area contributed by atoms with Crippen LogP contribution in [-0.2, 0) is 9.53 Å². The lowest BCUT2D eigenvalue weighted by Gasteiger charge is -2.04. The summed E-state index contributed by atoms with van der Waals surface area (Å²) >= 11 is 0. The Kier molecular flexibility index (Phi) is 2.97. The van der Waals surface area contributed by atoms with Crippen molar-refractivity contribution in [3.8, 4) is 0 Å².